The average molecular weight is 416 g/mol. The van der Waals surface area contributed by atoms with Crippen LogP contribution in [-0.2, 0) is 11.3 Å². The molecule has 1 aromatic carbocycles. The minimum atomic E-state index is -4.69. The Labute approximate surface area is 162 Å². The highest BCUT2D eigenvalue weighted by atomic mass is 19.4. The van der Waals surface area contributed by atoms with Crippen LogP contribution in [0.2, 0.25) is 0 Å². The molecule has 0 saturated carbocycles. The highest BCUT2D eigenvalue weighted by Crippen LogP contribution is 2.39. The Kier molecular flexibility index (Phi) is 4.93. The molecule has 1 aromatic heterocycles. The molecule has 0 N–H and O–H groups in total. The van der Waals surface area contributed by atoms with Crippen molar-refractivity contribution in [1.82, 2.24) is 9.55 Å². The smallest absolute Gasteiger partial charge is 0.378 e. The minimum absolute atomic E-state index is 0.203. The van der Waals surface area contributed by atoms with Crippen LogP contribution in [0, 0.1) is 11.6 Å². The summed E-state index contributed by atoms with van der Waals surface area (Å²) in [5.74, 6) is -2.14. The van der Waals surface area contributed by atoms with Gasteiger partial charge in [0.1, 0.15) is 23.5 Å². The maximum atomic E-state index is 13.8. The molecule has 1 fully saturated rings. The maximum Gasteiger partial charge on any atom is 0.409 e. The molecule has 4 rings (SSSR count). The summed E-state index contributed by atoms with van der Waals surface area (Å²) in [5.41, 5.74) is -0.886. The van der Waals surface area contributed by atoms with Crippen molar-refractivity contribution in [3.05, 3.63) is 46.3 Å². The first-order chi connectivity index (χ1) is 13.7. The largest absolute Gasteiger partial charge is 0.409 e. The molecule has 11 heteroatoms. The van der Waals surface area contributed by atoms with E-state index in [1.54, 1.807) is 4.90 Å². The third kappa shape index (κ3) is 3.78. The Hall–Kier alpha value is -2.69. The molecule has 1 saturated heterocycles. The van der Waals surface area contributed by atoms with E-state index in [-0.39, 0.29) is 24.0 Å². The Morgan fingerprint density at radius 1 is 1.00 bits per heavy atom. The zero-order chi connectivity index (χ0) is 20.8. The molecule has 1 atom stereocenters. The predicted molar refractivity (Wildman–Crippen MR) is 94.5 cm³/mol. The van der Waals surface area contributed by atoms with E-state index in [1.165, 1.54) is 6.07 Å². The van der Waals surface area contributed by atoms with Crippen LogP contribution in [0.3, 0.4) is 0 Å². The molecule has 6 nitrogen and oxygen atoms in total. The molecule has 0 radical (unpaired) electrons. The van der Waals surface area contributed by atoms with E-state index >= 15 is 0 Å². The van der Waals surface area contributed by atoms with Gasteiger partial charge in [0.2, 0.25) is 5.95 Å². The summed E-state index contributed by atoms with van der Waals surface area (Å²) in [5, 5.41) is 0. The first-order valence-electron chi connectivity index (χ1n) is 9.00. The molecule has 2 aliphatic rings. The zero-order valence-electron chi connectivity index (χ0n) is 15.1. The van der Waals surface area contributed by atoms with Crippen LogP contribution in [0.25, 0.3) is 0 Å². The standard InChI is InChI=1S/C18H17F5N4O2/c19-11-7-12(20)9-13(8-11)27-14(18(21,22)23)1-2-26-16(28)10-15(24-17(26)27)25-3-5-29-6-4-25/h7-10,14H,1-6H2. The number of rotatable bonds is 2. The van der Waals surface area contributed by atoms with E-state index in [4.69, 9.17) is 4.74 Å². The molecular formula is C18H17F5N4O2. The van der Waals surface area contributed by atoms with E-state index < -0.39 is 35.8 Å². The SMILES string of the molecule is O=c1cc(N2CCOCC2)nc2n1CCC(C(F)(F)F)N2c1cc(F)cc(F)c1. The lowest BCUT2D eigenvalue weighted by Gasteiger charge is -2.39. The quantitative estimate of drug-likeness (QED) is 0.705. The summed E-state index contributed by atoms with van der Waals surface area (Å²) in [4.78, 5) is 19.3. The Morgan fingerprint density at radius 3 is 2.28 bits per heavy atom. The fourth-order valence-electron chi connectivity index (χ4n) is 3.63. The second-order valence-corrected chi connectivity index (χ2v) is 6.85. The predicted octanol–water partition coefficient (Wildman–Crippen LogP) is 2.83. The molecule has 156 valence electrons. The number of hydrogen-bond acceptors (Lipinski definition) is 5. The number of ether oxygens (including phenoxy) is 1. The molecule has 2 aliphatic heterocycles. The van der Waals surface area contributed by atoms with Gasteiger partial charge in [-0.25, -0.2) is 8.78 Å². The van der Waals surface area contributed by atoms with Gasteiger partial charge in [0.05, 0.1) is 18.9 Å². The van der Waals surface area contributed by atoms with E-state index in [0.717, 1.165) is 16.7 Å². The summed E-state index contributed by atoms with van der Waals surface area (Å²) < 4.78 is 75.2. The highest BCUT2D eigenvalue weighted by molar-refractivity contribution is 5.62. The number of aromatic nitrogens is 2. The molecule has 29 heavy (non-hydrogen) atoms. The summed E-state index contributed by atoms with van der Waals surface area (Å²) in [6, 6.07) is 1.35. The molecule has 1 unspecified atom stereocenters. The van der Waals surface area contributed by atoms with Gasteiger partial charge in [-0.3, -0.25) is 14.3 Å². The number of alkyl halides is 3. The van der Waals surface area contributed by atoms with Gasteiger partial charge in [0, 0.05) is 31.8 Å². The third-order valence-electron chi connectivity index (χ3n) is 4.97. The van der Waals surface area contributed by atoms with Crippen LogP contribution in [0.15, 0.2) is 29.1 Å². The van der Waals surface area contributed by atoms with Crippen LogP contribution in [0.4, 0.5) is 39.4 Å². The summed E-state index contributed by atoms with van der Waals surface area (Å²) >= 11 is 0. The Balaban J connectivity index is 1.88. The van der Waals surface area contributed by atoms with E-state index in [0.29, 0.717) is 37.3 Å². The van der Waals surface area contributed by atoms with E-state index in [1.807, 2.05) is 0 Å². The lowest BCUT2D eigenvalue weighted by Crippen LogP contribution is -2.50. The van der Waals surface area contributed by atoms with E-state index in [2.05, 4.69) is 4.98 Å². The molecule has 0 aliphatic carbocycles. The van der Waals surface area contributed by atoms with Crippen LogP contribution >= 0.6 is 0 Å². The molecule has 0 bridgehead atoms. The number of morpholine rings is 1. The summed E-state index contributed by atoms with van der Waals surface area (Å²) in [6.45, 7) is 1.43. The first kappa shape index (κ1) is 19.6. The average Bonchev–Trinajstić information content (AvgIpc) is 2.66. The van der Waals surface area contributed by atoms with Gasteiger partial charge < -0.3 is 9.64 Å². The van der Waals surface area contributed by atoms with Crippen molar-refractivity contribution < 1.29 is 26.7 Å². The molecule has 2 aromatic rings. The normalized spacial score (nSPS) is 20.0. The second kappa shape index (κ2) is 7.29. The summed E-state index contributed by atoms with van der Waals surface area (Å²) in [7, 11) is 0. The van der Waals surface area contributed by atoms with Crippen molar-refractivity contribution in [2.45, 2.75) is 25.2 Å². The fourth-order valence-corrected chi connectivity index (χ4v) is 3.63. The van der Waals surface area contributed by atoms with Crippen LogP contribution in [0.5, 0.6) is 0 Å². The van der Waals surface area contributed by atoms with Crippen LogP contribution in [0.1, 0.15) is 6.42 Å². The van der Waals surface area contributed by atoms with Gasteiger partial charge in [0.15, 0.2) is 0 Å². The van der Waals surface area contributed by atoms with Crippen molar-refractivity contribution in [1.29, 1.82) is 0 Å². The number of halogens is 5. The number of benzene rings is 1. The van der Waals surface area contributed by atoms with Gasteiger partial charge in [-0.2, -0.15) is 18.2 Å². The van der Waals surface area contributed by atoms with Gasteiger partial charge in [0.25, 0.3) is 5.56 Å². The number of anilines is 3. The first-order valence-corrected chi connectivity index (χ1v) is 9.00. The van der Waals surface area contributed by atoms with E-state index in [9.17, 15) is 26.7 Å². The van der Waals surface area contributed by atoms with Crippen molar-refractivity contribution in [2.75, 3.05) is 36.1 Å². The van der Waals surface area contributed by atoms with Crippen molar-refractivity contribution in [3.8, 4) is 0 Å². The number of hydrogen-bond donors (Lipinski definition) is 0. The van der Waals surface area contributed by atoms with Gasteiger partial charge in [-0.15, -0.1) is 0 Å². The van der Waals surface area contributed by atoms with Crippen molar-refractivity contribution in [2.24, 2.45) is 0 Å². The highest BCUT2D eigenvalue weighted by Gasteiger charge is 2.47. The van der Waals surface area contributed by atoms with Crippen LogP contribution in [-0.4, -0.2) is 48.1 Å². The molecule has 0 amide bonds. The zero-order valence-corrected chi connectivity index (χ0v) is 15.1. The summed E-state index contributed by atoms with van der Waals surface area (Å²) in [6.07, 6.45) is -5.14. The lowest BCUT2D eigenvalue weighted by molar-refractivity contribution is -0.150. The monoisotopic (exact) mass is 416 g/mol. The van der Waals surface area contributed by atoms with Gasteiger partial charge in [-0.05, 0) is 18.6 Å². The second-order valence-electron chi connectivity index (χ2n) is 6.85. The molecule has 0 spiro atoms. The number of fused-ring (bicyclic) bond motifs is 1. The van der Waals surface area contributed by atoms with Crippen molar-refractivity contribution >= 4 is 17.5 Å². The lowest BCUT2D eigenvalue weighted by atomic mass is 10.1. The fraction of sp³-hybridized carbons (Fsp3) is 0.444. The Morgan fingerprint density at radius 2 is 1.66 bits per heavy atom. The molecular weight excluding hydrogens is 399 g/mol. The minimum Gasteiger partial charge on any atom is -0.378 e. The van der Waals surface area contributed by atoms with Gasteiger partial charge in [-0.1, -0.05) is 0 Å². The maximum absolute atomic E-state index is 13.8. The van der Waals surface area contributed by atoms with Gasteiger partial charge >= 0.3 is 6.18 Å². The van der Waals surface area contributed by atoms with Crippen molar-refractivity contribution in [3.63, 3.8) is 0 Å². The number of nitrogens with zero attached hydrogens (tertiary/aromatic N) is 4. The molecule has 3 heterocycles. The topological polar surface area (TPSA) is 50.6 Å². The third-order valence-corrected chi connectivity index (χ3v) is 4.97. The Bertz CT molecular complexity index is 951. The van der Waals surface area contributed by atoms with Crippen LogP contribution < -0.4 is 15.4 Å².